The van der Waals surface area contributed by atoms with Crippen LogP contribution in [-0.4, -0.2) is 36.3 Å². The molecule has 45 heavy (non-hydrogen) atoms. The van der Waals surface area contributed by atoms with Crippen LogP contribution in [0.4, 0.5) is 5.69 Å². The third-order valence-electron chi connectivity index (χ3n) is 7.02. The number of nitro benzene ring substituents is 1. The lowest BCUT2D eigenvalue weighted by molar-refractivity contribution is -0.384. The van der Waals surface area contributed by atoms with Crippen LogP contribution in [0.25, 0.3) is 6.08 Å². The molecule has 0 spiro atoms. The van der Waals surface area contributed by atoms with Gasteiger partial charge in [-0.05, 0) is 73.5 Å². The first-order valence-electron chi connectivity index (χ1n) is 13.7. The molecule has 0 fully saturated rings. The van der Waals surface area contributed by atoms with Crippen molar-refractivity contribution in [1.82, 2.24) is 4.57 Å². The van der Waals surface area contributed by atoms with Gasteiger partial charge in [0.15, 0.2) is 16.3 Å². The average Bonchev–Trinajstić information content (AvgIpc) is 3.33. The predicted molar refractivity (Wildman–Crippen MR) is 169 cm³/mol. The zero-order chi connectivity index (χ0) is 32.2. The van der Waals surface area contributed by atoms with E-state index >= 15 is 0 Å². The summed E-state index contributed by atoms with van der Waals surface area (Å²) in [5, 5.41) is 11.3. The Kier molecular flexibility index (Phi) is 9.35. The van der Waals surface area contributed by atoms with Crippen molar-refractivity contribution >= 4 is 40.7 Å². The maximum absolute atomic E-state index is 14.0. The van der Waals surface area contributed by atoms with Crippen molar-refractivity contribution in [2.75, 3.05) is 20.8 Å². The van der Waals surface area contributed by atoms with Crippen molar-refractivity contribution in [2.45, 2.75) is 26.5 Å². The molecule has 1 aromatic heterocycles. The molecular formula is C32H28ClN3O8S. The van der Waals surface area contributed by atoms with Crippen molar-refractivity contribution in [2.24, 2.45) is 4.99 Å². The number of non-ortho nitro benzene ring substituents is 1. The molecule has 0 N–H and O–H groups in total. The van der Waals surface area contributed by atoms with Gasteiger partial charge < -0.3 is 18.9 Å². The number of nitrogens with zero attached hydrogens (tertiary/aromatic N) is 3. The molecule has 0 radical (unpaired) electrons. The summed E-state index contributed by atoms with van der Waals surface area (Å²) in [7, 11) is 2.77. The highest BCUT2D eigenvalue weighted by molar-refractivity contribution is 7.07. The second kappa shape index (κ2) is 13.4. The Hall–Kier alpha value is -4.94. The van der Waals surface area contributed by atoms with E-state index < -0.39 is 16.9 Å². The number of rotatable bonds is 10. The highest BCUT2D eigenvalue weighted by Crippen LogP contribution is 2.37. The zero-order valence-corrected chi connectivity index (χ0v) is 26.3. The van der Waals surface area contributed by atoms with E-state index in [9.17, 15) is 19.7 Å². The number of halogens is 1. The Morgan fingerprint density at radius 3 is 2.47 bits per heavy atom. The highest BCUT2D eigenvalue weighted by atomic mass is 35.5. The number of aromatic nitrogens is 1. The van der Waals surface area contributed by atoms with Crippen LogP contribution in [0, 0.1) is 10.1 Å². The molecule has 13 heteroatoms. The maximum Gasteiger partial charge on any atom is 0.338 e. The topological polar surface area (TPSA) is 131 Å². The van der Waals surface area contributed by atoms with Crippen LogP contribution >= 0.6 is 22.9 Å². The van der Waals surface area contributed by atoms with E-state index in [1.165, 1.54) is 42.3 Å². The van der Waals surface area contributed by atoms with E-state index in [4.69, 9.17) is 30.5 Å². The number of hydrogen-bond donors (Lipinski definition) is 0. The maximum atomic E-state index is 14.0. The third-order valence-corrected chi connectivity index (χ3v) is 8.24. The summed E-state index contributed by atoms with van der Waals surface area (Å²) >= 11 is 7.53. The average molecular weight is 650 g/mol. The third kappa shape index (κ3) is 6.47. The van der Waals surface area contributed by atoms with E-state index in [0.29, 0.717) is 55.0 Å². The summed E-state index contributed by atoms with van der Waals surface area (Å²) in [6, 6.07) is 15.5. The number of allylic oxidation sites excluding steroid dienone is 1. The van der Waals surface area contributed by atoms with E-state index in [-0.39, 0.29) is 23.4 Å². The molecule has 11 nitrogen and oxygen atoms in total. The lowest BCUT2D eigenvalue weighted by Crippen LogP contribution is -2.40. The predicted octanol–water partition coefficient (Wildman–Crippen LogP) is 4.96. The second-order valence-corrected chi connectivity index (χ2v) is 11.3. The SMILES string of the molecule is CCOc1cc(/C=c2\sc3n(c2=O)[C@H](c2cc(Cl)ccc2OC)C(C(=O)OC)=C(C)N=3)ccc1OCc1ccc([N+](=O)[O-])cc1. The molecule has 0 saturated carbocycles. The van der Waals surface area contributed by atoms with Gasteiger partial charge in [-0.25, -0.2) is 9.79 Å². The summed E-state index contributed by atoms with van der Waals surface area (Å²) in [4.78, 5) is 42.4. The van der Waals surface area contributed by atoms with Crippen molar-refractivity contribution in [3.63, 3.8) is 0 Å². The van der Waals surface area contributed by atoms with Crippen molar-refractivity contribution in [1.29, 1.82) is 0 Å². The summed E-state index contributed by atoms with van der Waals surface area (Å²) < 4.78 is 24.3. The van der Waals surface area contributed by atoms with E-state index in [1.807, 2.05) is 6.92 Å². The Balaban J connectivity index is 1.55. The van der Waals surface area contributed by atoms with Crippen LogP contribution in [0.3, 0.4) is 0 Å². The Labute approximate surface area is 266 Å². The number of ether oxygens (including phenoxy) is 4. The number of carbonyl (C=O) groups excluding carboxylic acids is 1. The number of nitro groups is 1. The quantitative estimate of drug-likeness (QED) is 0.134. The van der Waals surface area contributed by atoms with Gasteiger partial charge in [0, 0.05) is 22.7 Å². The van der Waals surface area contributed by atoms with Crippen LogP contribution in [0.15, 0.2) is 81.7 Å². The normalized spacial score (nSPS) is 14.4. The van der Waals surface area contributed by atoms with E-state index in [0.717, 1.165) is 5.56 Å². The van der Waals surface area contributed by atoms with Crippen LogP contribution in [0.1, 0.15) is 36.6 Å². The minimum Gasteiger partial charge on any atom is -0.496 e. The smallest absolute Gasteiger partial charge is 0.338 e. The molecular weight excluding hydrogens is 622 g/mol. The van der Waals surface area contributed by atoms with Crippen LogP contribution in [0.5, 0.6) is 17.2 Å². The number of fused-ring (bicyclic) bond motifs is 1. The molecule has 1 atom stereocenters. The van der Waals surface area contributed by atoms with Gasteiger partial charge in [-0.15, -0.1) is 0 Å². The molecule has 0 saturated heterocycles. The summed E-state index contributed by atoms with van der Waals surface area (Å²) in [6.07, 6.45) is 1.72. The fraction of sp³-hybridized carbons (Fsp3) is 0.219. The first kappa shape index (κ1) is 31.5. The molecule has 1 aliphatic rings. The second-order valence-electron chi connectivity index (χ2n) is 9.81. The lowest BCUT2D eigenvalue weighted by Gasteiger charge is -2.25. The lowest BCUT2D eigenvalue weighted by atomic mass is 9.95. The largest absolute Gasteiger partial charge is 0.496 e. The first-order chi connectivity index (χ1) is 21.6. The number of methoxy groups -OCH3 is 2. The number of hydrogen-bond acceptors (Lipinski definition) is 10. The molecule has 4 aromatic rings. The first-order valence-corrected chi connectivity index (χ1v) is 14.9. The molecule has 2 heterocycles. The fourth-order valence-corrected chi connectivity index (χ4v) is 6.16. The number of esters is 1. The van der Waals surface area contributed by atoms with Gasteiger partial charge in [0.25, 0.3) is 11.2 Å². The van der Waals surface area contributed by atoms with Crippen LogP contribution in [0.2, 0.25) is 5.02 Å². The number of thiazole rings is 1. The van der Waals surface area contributed by atoms with Crippen LogP contribution < -0.4 is 29.1 Å². The van der Waals surface area contributed by atoms with Crippen LogP contribution in [-0.2, 0) is 16.1 Å². The van der Waals surface area contributed by atoms with Gasteiger partial charge in [-0.2, -0.15) is 0 Å². The van der Waals surface area contributed by atoms with E-state index in [2.05, 4.69) is 4.99 Å². The highest BCUT2D eigenvalue weighted by Gasteiger charge is 2.35. The zero-order valence-electron chi connectivity index (χ0n) is 24.7. The number of benzene rings is 3. The number of carbonyl (C=O) groups is 1. The Bertz CT molecular complexity index is 2000. The molecule has 0 amide bonds. The van der Waals surface area contributed by atoms with Crippen molar-refractivity contribution in [3.05, 3.63) is 123 Å². The fourth-order valence-electron chi connectivity index (χ4n) is 4.93. The molecule has 232 valence electrons. The molecule has 1 aliphatic heterocycles. The Morgan fingerprint density at radius 1 is 1.07 bits per heavy atom. The molecule has 5 rings (SSSR count). The monoisotopic (exact) mass is 649 g/mol. The molecule has 0 aliphatic carbocycles. The van der Waals surface area contributed by atoms with Gasteiger partial charge in [0.1, 0.15) is 18.4 Å². The summed E-state index contributed by atoms with van der Waals surface area (Å²) in [6.45, 7) is 4.08. The molecule has 0 unspecified atom stereocenters. The molecule has 3 aromatic carbocycles. The van der Waals surface area contributed by atoms with Gasteiger partial charge >= 0.3 is 5.97 Å². The van der Waals surface area contributed by atoms with Gasteiger partial charge in [-0.3, -0.25) is 19.5 Å². The Morgan fingerprint density at radius 2 is 1.80 bits per heavy atom. The van der Waals surface area contributed by atoms with Crippen molar-refractivity contribution < 1.29 is 28.7 Å². The van der Waals surface area contributed by atoms with Crippen molar-refractivity contribution in [3.8, 4) is 17.2 Å². The summed E-state index contributed by atoms with van der Waals surface area (Å²) in [5.41, 5.74) is 2.18. The minimum absolute atomic E-state index is 0.00176. The van der Waals surface area contributed by atoms with Gasteiger partial charge in [0.05, 0.1) is 41.6 Å². The standard InChI is InChI=1S/C32H28ClN3O8S/c1-5-43-26-14-20(8-12-25(26)44-17-19-6-10-22(11-7-19)36(39)40)15-27-30(37)35-29(23-16-21(33)9-13-24(23)41-3)28(31(38)42-4)18(2)34-32(35)45-27/h6-16,29H,5,17H2,1-4H3/b27-15-/t29-/m1/s1. The van der Waals surface area contributed by atoms with E-state index in [1.54, 1.807) is 61.5 Å². The van der Waals surface area contributed by atoms with Gasteiger partial charge in [-0.1, -0.05) is 29.0 Å². The van der Waals surface area contributed by atoms with Gasteiger partial charge in [0.2, 0.25) is 0 Å². The summed E-state index contributed by atoms with van der Waals surface area (Å²) in [5.74, 6) is 0.760. The minimum atomic E-state index is -0.890. The molecule has 0 bridgehead atoms.